The van der Waals surface area contributed by atoms with Crippen molar-refractivity contribution in [2.75, 3.05) is 11.1 Å². The van der Waals surface area contributed by atoms with Gasteiger partial charge in [-0.15, -0.1) is 10.2 Å². The van der Waals surface area contributed by atoms with E-state index in [1.165, 1.54) is 23.9 Å². The molecule has 0 bridgehead atoms. The van der Waals surface area contributed by atoms with E-state index in [2.05, 4.69) is 20.8 Å². The number of anilines is 1. The average molecular weight is 413 g/mol. The predicted octanol–water partition coefficient (Wildman–Crippen LogP) is 3.18. The molecule has 9 heteroatoms. The van der Waals surface area contributed by atoms with Crippen molar-refractivity contribution in [3.05, 3.63) is 71.8 Å². The zero-order chi connectivity index (χ0) is 20.8. The maximum absolute atomic E-state index is 13.6. The number of halogens is 1. The zero-order valence-electron chi connectivity index (χ0n) is 15.9. The molecule has 3 aromatic rings. The summed E-state index contributed by atoms with van der Waals surface area (Å²) in [7, 11) is 1.76. The molecule has 150 valence electrons. The number of hydrogen-bond donors (Lipinski definition) is 2. The van der Waals surface area contributed by atoms with E-state index in [1.807, 2.05) is 13.0 Å². The Morgan fingerprint density at radius 2 is 1.79 bits per heavy atom. The molecule has 0 fully saturated rings. The number of nitrogens with zero attached hydrogens (tertiary/aromatic N) is 3. The lowest BCUT2D eigenvalue weighted by Crippen LogP contribution is -2.28. The minimum absolute atomic E-state index is 0.0467. The van der Waals surface area contributed by atoms with Crippen LogP contribution in [0.4, 0.5) is 10.1 Å². The molecule has 0 saturated carbocycles. The van der Waals surface area contributed by atoms with Gasteiger partial charge < -0.3 is 15.2 Å². The van der Waals surface area contributed by atoms with Gasteiger partial charge in [-0.1, -0.05) is 42.1 Å². The number of carbonyl (C=O) groups is 2. The molecule has 2 N–H and O–H groups in total. The molecule has 0 aliphatic carbocycles. The number of carbonyl (C=O) groups excluding carboxylic acids is 2. The van der Waals surface area contributed by atoms with Crippen LogP contribution in [-0.4, -0.2) is 32.3 Å². The van der Waals surface area contributed by atoms with Crippen LogP contribution in [0.25, 0.3) is 0 Å². The van der Waals surface area contributed by atoms with Crippen LogP contribution in [0.15, 0.2) is 59.8 Å². The smallest absolute Gasteiger partial charge is 0.251 e. The molecule has 1 aromatic heterocycles. The summed E-state index contributed by atoms with van der Waals surface area (Å²) in [6.07, 6.45) is 0. The Hall–Kier alpha value is -3.20. The van der Waals surface area contributed by atoms with Crippen molar-refractivity contribution in [2.24, 2.45) is 7.05 Å². The normalized spacial score (nSPS) is 11.7. The van der Waals surface area contributed by atoms with E-state index >= 15 is 0 Å². The Balaban J connectivity index is 1.58. The average Bonchev–Trinajstić information content (AvgIpc) is 3.09. The lowest BCUT2D eigenvalue weighted by molar-refractivity contribution is -0.113. The first-order valence-corrected chi connectivity index (χ1v) is 9.86. The molecular weight excluding hydrogens is 393 g/mol. The molecule has 0 aliphatic heterocycles. The first-order chi connectivity index (χ1) is 14.0. The van der Waals surface area contributed by atoms with Crippen molar-refractivity contribution in [1.29, 1.82) is 0 Å². The van der Waals surface area contributed by atoms with Gasteiger partial charge in [-0.25, -0.2) is 4.39 Å². The van der Waals surface area contributed by atoms with Crippen molar-refractivity contribution < 1.29 is 14.0 Å². The summed E-state index contributed by atoms with van der Waals surface area (Å²) < 4.78 is 15.3. The van der Waals surface area contributed by atoms with Crippen molar-refractivity contribution >= 4 is 29.3 Å². The number of para-hydroxylation sites is 1. The number of amides is 2. The molecule has 2 aromatic carbocycles. The maximum atomic E-state index is 13.6. The second-order valence-electron chi connectivity index (χ2n) is 6.28. The van der Waals surface area contributed by atoms with Gasteiger partial charge in [0.15, 0.2) is 11.0 Å². The topological polar surface area (TPSA) is 88.9 Å². The number of aromatic nitrogens is 3. The fourth-order valence-electron chi connectivity index (χ4n) is 2.64. The van der Waals surface area contributed by atoms with E-state index in [4.69, 9.17) is 0 Å². The summed E-state index contributed by atoms with van der Waals surface area (Å²) in [4.78, 5) is 24.4. The van der Waals surface area contributed by atoms with Crippen molar-refractivity contribution in [1.82, 2.24) is 20.1 Å². The second-order valence-corrected chi connectivity index (χ2v) is 7.22. The highest BCUT2D eigenvalue weighted by molar-refractivity contribution is 7.99. The first-order valence-electron chi connectivity index (χ1n) is 8.88. The second kappa shape index (κ2) is 9.33. The van der Waals surface area contributed by atoms with Gasteiger partial charge >= 0.3 is 0 Å². The van der Waals surface area contributed by atoms with E-state index < -0.39 is 5.82 Å². The van der Waals surface area contributed by atoms with E-state index in [-0.39, 0.29) is 29.3 Å². The molecule has 2 amide bonds. The SMILES string of the molecule is C[C@H](NC(=O)c1ccccc1)c1nnc(SCC(=O)Nc2ccccc2F)n1C. The first kappa shape index (κ1) is 20.5. The van der Waals surface area contributed by atoms with Crippen LogP contribution in [0.1, 0.15) is 29.1 Å². The fourth-order valence-corrected chi connectivity index (χ4v) is 3.36. The fraction of sp³-hybridized carbons (Fsp3) is 0.200. The highest BCUT2D eigenvalue weighted by Gasteiger charge is 2.19. The van der Waals surface area contributed by atoms with Crippen LogP contribution in [-0.2, 0) is 11.8 Å². The van der Waals surface area contributed by atoms with Crippen LogP contribution in [0.5, 0.6) is 0 Å². The van der Waals surface area contributed by atoms with Crippen molar-refractivity contribution in [3.63, 3.8) is 0 Å². The summed E-state index contributed by atoms with van der Waals surface area (Å²) in [5.41, 5.74) is 0.690. The minimum Gasteiger partial charge on any atom is -0.342 e. The molecule has 1 heterocycles. The van der Waals surface area contributed by atoms with Gasteiger partial charge in [-0.3, -0.25) is 9.59 Å². The number of nitrogens with one attached hydrogen (secondary N) is 2. The molecule has 7 nitrogen and oxygen atoms in total. The Labute approximate surface area is 171 Å². The highest BCUT2D eigenvalue weighted by Crippen LogP contribution is 2.20. The van der Waals surface area contributed by atoms with E-state index in [9.17, 15) is 14.0 Å². The van der Waals surface area contributed by atoms with Gasteiger partial charge in [-0.2, -0.15) is 0 Å². The zero-order valence-corrected chi connectivity index (χ0v) is 16.7. The third kappa shape index (κ3) is 5.20. The van der Waals surface area contributed by atoms with E-state index in [0.717, 1.165) is 0 Å². The molecule has 29 heavy (non-hydrogen) atoms. The Kier molecular flexibility index (Phi) is 6.61. The van der Waals surface area contributed by atoms with Crippen LogP contribution in [0.3, 0.4) is 0 Å². The number of hydrogen-bond acceptors (Lipinski definition) is 5. The quantitative estimate of drug-likeness (QED) is 0.581. The van der Waals surface area contributed by atoms with Gasteiger partial charge in [0.25, 0.3) is 5.91 Å². The van der Waals surface area contributed by atoms with Gasteiger partial charge in [-0.05, 0) is 31.2 Å². The third-order valence-corrected chi connectivity index (χ3v) is 5.14. The largest absolute Gasteiger partial charge is 0.342 e. The van der Waals surface area contributed by atoms with Crippen molar-refractivity contribution in [2.45, 2.75) is 18.1 Å². The maximum Gasteiger partial charge on any atom is 0.251 e. The van der Waals surface area contributed by atoms with Crippen molar-refractivity contribution in [3.8, 4) is 0 Å². The third-order valence-electron chi connectivity index (χ3n) is 4.12. The predicted molar refractivity (Wildman–Crippen MR) is 109 cm³/mol. The molecule has 0 saturated heterocycles. The summed E-state index contributed by atoms with van der Waals surface area (Å²) in [5.74, 6) is -0.443. The Morgan fingerprint density at radius 1 is 1.10 bits per heavy atom. The molecular formula is C20H20FN5O2S. The minimum atomic E-state index is -0.491. The number of rotatable bonds is 7. The van der Waals surface area contributed by atoms with Crippen LogP contribution < -0.4 is 10.6 Å². The van der Waals surface area contributed by atoms with Gasteiger partial charge in [0.2, 0.25) is 5.91 Å². The molecule has 0 aliphatic rings. The molecule has 0 radical (unpaired) electrons. The lowest BCUT2D eigenvalue weighted by atomic mass is 10.2. The summed E-state index contributed by atoms with van der Waals surface area (Å²) in [6, 6.07) is 14.5. The molecule has 0 spiro atoms. The number of thioether (sulfide) groups is 1. The van der Waals surface area contributed by atoms with Crippen LogP contribution >= 0.6 is 11.8 Å². The highest BCUT2D eigenvalue weighted by atomic mass is 32.2. The Morgan fingerprint density at radius 3 is 2.52 bits per heavy atom. The summed E-state index contributed by atoms with van der Waals surface area (Å²) in [5, 5.41) is 14.1. The van der Waals surface area contributed by atoms with E-state index in [0.29, 0.717) is 16.5 Å². The van der Waals surface area contributed by atoms with Crippen LogP contribution in [0.2, 0.25) is 0 Å². The number of benzene rings is 2. The standard InChI is InChI=1S/C20H20FN5O2S/c1-13(22-19(28)14-8-4-3-5-9-14)18-24-25-20(26(18)2)29-12-17(27)23-16-11-7-6-10-15(16)21/h3-11,13H,12H2,1-2H3,(H,22,28)(H,23,27)/t13-/m0/s1. The molecule has 0 unspecified atom stereocenters. The van der Waals surface area contributed by atoms with Gasteiger partial charge in [0.05, 0.1) is 17.5 Å². The van der Waals surface area contributed by atoms with E-state index in [1.54, 1.807) is 48.0 Å². The molecule has 3 rings (SSSR count). The van der Waals surface area contributed by atoms with Crippen LogP contribution in [0, 0.1) is 5.82 Å². The monoisotopic (exact) mass is 413 g/mol. The molecule has 1 atom stereocenters. The Bertz CT molecular complexity index is 1010. The lowest BCUT2D eigenvalue weighted by Gasteiger charge is -2.13. The van der Waals surface area contributed by atoms with Gasteiger partial charge in [0, 0.05) is 12.6 Å². The summed E-state index contributed by atoms with van der Waals surface area (Å²) >= 11 is 1.18. The summed E-state index contributed by atoms with van der Waals surface area (Å²) in [6.45, 7) is 1.81. The van der Waals surface area contributed by atoms with Gasteiger partial charge in [0.1, 0.15) is 5.82 Å².